The predicted octanol–water partition coefficient (Wildman–Crippen LogP) is 5.87. The summed E-state index contributed by atoms with van der Waals surface area (Å²) in [5.41, 5.74) is 5.99. The van der Waals surface area contributed by atoms with Gasteiger partial charge in [0.05, 0.1) is 5.57 Å². The smallest absolute Gasteiger partial charge is 0.300 e. The highest BCUT2D eigenvalue weighted by Gasteiger charge is 2.47. The van der Waals surface area contributed by atoms with E-state index in [4.69, 9.17) is 0 Å². The lowest BCUT2D eigenvalue weighted by Crippen LogP contribution is -2.29. The molecular weight excluding hydrogens is 418 g/mol. The second-order valence-electron chi connectivity index (χ2n) is 8.67. The van der Waals surface area contributed by atoms with E-state index in [2.05, 4.69) is 0 Å². The number of thiophene rings is 1. The molecule has 1 aliphatic heterocycles. The summed E-state index contributed by atoms with van der Waals surface area (Å²) < 4.78 is 0. The Labute approximate surface area is 191 Å². The van der Waals surface area contributed by atoms with E-state index in [1.165, 1.54) is 28.9 Å². The highest BCUT2D eigenvalue weighted by Crippen LogP contribution is 2.44. The van der Waals surface area contributed by atoms with E-state index in [1.54, 1.807) is 4.90 Å². The molecule has 1 atom stereocenters. The molecule has 32 heavy (non-hydrogen) atoms. The Hall–Kier alpha value is -3.18. The van der Waals surface area contributed by atoms with Crippen LogP contribution in [0.25, 0.3) is 5.76 Å². The van der Waals surface area contributed by atoms with Gasteiger partial charge >= 0.3 is 0 Å². The number of amides is 1. The Balaban J connectivity index is 1.68. The largest absolute Gasteiger partial charge is 0.507 e. The van der Waals surface area contributed by atoms with Gasteiger partial charge in [-0.25, -0.2) is 0 Å². The van der Waals surface area contributed by atoms with E-state index in [0.29, 0.717) is 11.3 Å². The quantitative estimate of drug-likeness (QED) is 0.313. The van der Waals surface area contributed by atoms with Crippen molar-refractivity contribution in [2.75, 3.05) is 4.90 Å². The number of carbonyl (C=O) groups is 2. The molecule has 1 aromatic heterocycles. The summed E-state index contributed by atoms with van der Waals surface area (Å²) in [5, 5.41) is 13.3. The van der Waals surface area contributed by atoms with Crippen LogP contribution in [0.2, 0.25) is 0 Å². The van der Waals surface area contributed by atoms with E-state index in [0.717, 1.165) is 35.3 Å². The highest BCUT2D eigenvalue weighted by atomic mass is 32.1. The van der Waals surface area contributed by atoms with Crippen molar-refractivity contribution in [2.45, 2.75) is 45.6 Å². The van der Waals surface area contributed by atoms with E-state index in [-0.39, 0.29) is 11.3 Å². The van der Waals surface area contributed by atoms with Crippen LogP contribution >= 0.6 is 11.3 Å². The van der Waals surface area contributed by atoms with Crippen LogP contribution in [0, 0.1) is 13.8 Å². The Morgan fingerprint density at radius 3 is 2.50 bits per heavy atom. The number of fused-ring (bicyclic) bond motifs is 1. The number of aliphatic hydroxyl groups excluding tert-OH is 1. The van der Waals surface area contributed by atoms with Crippen molar-refractivity contribution in [3.8, 4) is 0 Å². The molecule has 1 amide bonds. The molecule has 2 aromatic carbocycles. The van der Waals surface area contributed by atoms with Gasteiger partial charge in [0.2, 0.25) is 0 Å². The topological polar surface area (TPSA) is 57.6 Å². The predicted molar refractivity (Wildman–Crippen MR) is 128 cm³/mol. The second kappa shape index (κ2) is 8.06. The van der Waals surface area contributed by atoms with Crippen molar-refractivity contribution in [1.29, 1.82) is 0 Å². The number of benzene rings is 2. The van der Waals surface area contributed by atoms with Crippen LogP contribution in [0.3, 0.4) is 0 Å². The lowest BCUT2D eigenvalue weighted by molar-refractivity contribution is -0.132. The molecule has 0 radical (unpaired) electrons. The minimum Gasteiger partial charge on any atom is -0.507 e. The third kappa shape index (κ3) is 3.37. The number of ketones is 1. The van der Waals surface area contributed by atoms with Crippen molar-refractivity contribution in [3.05, 3.63) is 92.2 Å². The van der Waals surface area contributed by atoms with Gasteiger partial charge in [0, 0.05) is 16.1 Å². The molecule has 4 nitrogen and oxygen atoms in total. The number of Topliss-reactive ketones (excluding diaryl/α,β-unsaturated/α-hetero) is 1. The molecule has 2 heterocycles. The van der Waals surface area contributed by atoms with Crippen LogP contribution in [-0.2, 0) is 22.4 Å². The van der Waals surface area contributed by atoms with Gasteiger partial charge < -0.3 is 5.11 Å². The van der Waals surface area contributed by atoms with E-state index in [9.17, 15) is 14.7 Å². The molecule has 0 bridgehead atoms. The SMILES string of the molecule is Cc1ccc(N2C(=O)C(=O)/C(=C(\O)c3ccc4c(c3)CCCC4)C2c2cccs2)c(C)c1. The standard InChI is InChI=1S/C27H25NO3S/c1-16-9-12-21(17(2)14-16)28-24(22-8-5-13-32-22)23(26(30)27(28)31)25(29)20-11-10-18-6-3-4-7-19(18)15-20/h5,8-15,24,29H,3-4,6-7H2,1-2H3/b25-23-. The van der Waals surface area contributed by atoms with Crippen molar-refractivity contribution in [1.82, 2.24) is 0 Å². The van der Waals surface area contributed by atoms with Gasteiger partial charge in [-0.1, -0.05) is 35.9 Å². The van der Waals surface area contributed by atoms with E-state index >= 15 is 0 Å². The summed E-state index contributed by atoms with van der Waals surface area (Å²) in [5.74, 6) is -1.34. The van der Waals surface area contributed by atoms with Crippen molar-refractivity contribution in [3.63, 3.8) is 0 Å². The van der Waals surface area contributed by atoms with Crippen molar-refractivity contribution < 1.29 is 14.7 Å². The molecule has 1 saturated heterocycles. The summed E-state index contributed by atoms with van der Waals surface area (Å²) in [6.45, 7) is 3.94. The lowest BCUT2D eigenvalue weighted by Gasteiger charge is -2.26. The average molecular weight is 444 g/mol. The maximum absolute atomic E-state index is 13.3. The first-order valence-corrected chi connectivity index (χ1v) is 11.9. The number of carbonyl (C=O) groups excluding carboxylic acids is 2. The van der Waals surface area contributed by atoms with Gasteiger partial charge in [-0.3, -0.25) is 14.5 Å². The lowest BCUT2D eigenvalue weighted by atomic mass is 9.89. The highest BCUT2D eigenvalue weighted by molar-refractivity contribution is 7.10. The Bertz CT molecular complexity index is 1260. The number of hydrogen-bond acceptors (Lipinski definition) is 4. The summed E-state index contributed by atoms with van der Waals surface area (Å²) >= 11 is 1.48. The molecule has 5 heteroatoms. The van der Waals surface area contributed by atoms with Crippen LogP contribution < -0.4 is 4.90 Å². The van der Waals surface area contributed by atoms with Gasteiger partial charge in [-0.2, -0.15) is 0 Å². The molecule has 1 fully saturated rings. The number of hydrogen-bond donors (Lipinski definition) is 1. The number of rotatable bonds is 3. The first kappa shape index (κ1) is 20.7. The second-order valence-corrected chi connectivity index (χ2v) is 9.64. The molecule has 1 aliphatic carbocycles. The fourth-order valence-electron chi connectivity index (χ4n) is 4.91. The fraction of sp³-hybridized carbons (Fsp3) is 0.259. The van der Waals surface area contributed by atoms with Gasteiger partial charge in [0.15, 0.2) is 0 Å². The first-order chi connectivity index (χ1) is 15.5. The van der Waals surface area contributed by atoms with E-state index in [1.807, 2.05) is 67.8 Å². The molecule has 3 aromatic rings. The third-order valence-electron chi connectivity index (χ3n) is 6.49. The molecular formula is C27H25NO3S. The Kier molecular flexibility index (Phi) is 5.22. The molecule has 5 rings (SSSR count). The van der Waals surface area contributed by atoms with Crippen LogP contribution in [0.5, 0.6) is 0 Å². The zero-order valence-electron chi connectivity index (χ0n) is 18.2. The summed E-state index contributed by atoms with van der Waals surface area (Å²) in [4.78, 5) is 28.9. The fourth-order valence-corrected chi connectivity index (χ4v) is 5.73. The van der Waals surface area contributed by atoms with Gasteiger partial charge in [0.1, 0.15) is 11.8 Å². The molecule has 0 spiro atoms. The maximum atomic E-state index is 13.3. The summed E-state index contributed by atoms with van der Waals surface area (Å²) in [6, 6.07) is 14.9. The van der Waals surface area contributed by atoms with Crippen LogP contribution in [0.4, 0.5) is 5.69 Å². The zero-order valence-corrected chi connectivity index (χ0v) is 19.0. The first-order valence-electron chi connectivity index (χ1n) is 11.0. The van der Waals surface area contributed by atoms with Crippen LogP contribution in [0.1, 0.15) is 51.6 Å². The average Bonchev–Trinajstić information content (AvgIpc) is 3.40. The molecule has 162 valence electrons. The molecule has 2 aliphatic rings. The summed E-state index contributed by atoms with van der Waals surface area (Å²) in [6.07, 6.45) is 4.32. The van der Waals surface area contributed by atoms with Crippen LogP contribution in [-0.4, -0.2) is 16.8 Å². The number of aryl methyl sites for hydroxylation is 4. The molecule has 1 unspecified atom stereocenters. The molecule has 0 saturated carbocycles. The third-order valence-corrected chi connectivity index (χ3v) is 7.42. The number of aliphatic hydroxyl groups is 1. The normalized spacial score (nSPS) is 19.9. The Morgan fingerprint density at radius 1 is 1.00 bits per heavy atom. The maximum Gasteiger partial charge on any atom is 0.300 e. The van der Waals surface area contributed by atoms with Gasteiger partial charge in [-0.05, 0) is 79.8 Å². The van der Waals surface area contributed by atoms with Gasteiger partial charge in [0.25, 0.3) is 11.7 Å². The minimum atomic E-state index is -0.646. The minimum absolute atomic E-state index is 0.0950. The molecule has 1 N–H and O–H groups in total. The van der Waals surface area contributed by atoms with Crippen molar-refractivity contribution >= 4 is 34.5 Å². The van der Waals surface area contributed by atoms with Crippen molar-refractivity contribution in [2.24, 2.45) is 0 Å². The number of nitrogens with zero attached hydrogens (tertiary/aromatic N) is 1. The zero-order chi connectivity index (χ0) is 22.4. The Morgan fingerprint density at radius 2 is 1.78 bits per heavy atom. The van der Waals surface area contributed by atoms with Gasteiger partial charge in [-0.15, -0.1) is 11.3 Å². The summed E-state index contributed by atoms with van der Waals surface area (Å²) in [7, 11) is 0. The van der Waals surface area contributed by atoms with E-state index < -0.39 is 17.7 Å². The van der Waals surface area contributed by atoms with Crippen LogP contribution in [0.15, 0.2) is 59.5 Å². The monoisotopic (exact) mass is 443 g/mol. The number of anilines is 1.